The van der Waals surface area contributed by atoms with Gasteiger partial charge in [0.25, 0.3) is 0 Å². The van der Waals surface area contributed by atoms with Crippen molar-refractivity contribution in [2.45, 2.75) is 71.3 Å². The fourth-order valence-corrected chi connectivity index (χ4v) is 6.16. The van der Waals surface area contributed by atoms with Crippen molar-refractivity contribution in [3.05, 3.63) is 88.7 Å². The quantitative estimate of drug-likeness (QED) is 0.298. The second-order valence-electron chi connectivity index (χ2n) is 11.5. The van der Waals surface area contributed by atoms with Crippen molar-refractivity contribution < 1.29 is 23.8 Å². The van der Waals surface area contributed by atoms with Crippen LogP contribution in [0.25, 0.3) is 16.7 Å². The lowest BCUT2D eigenvalue weighted by atomic mass is 9.79. The van der Waals surface area contributed by atoms with Gasteiger partial charge in [-0.2, -0.15) is 0 Å². The number of rotatable bonds is 8. The average Bonchev–Trinajstić information content (AvgIpc) is 3.16. The van der Waals surface area contributed by atoms with Gasteiger partial charge in [0.2, 0.25) is 0 Å². The van der Waals surface area contributed by atoms with Crippen LogP contribution in [0.5, 0.6) is 11.5 Å². The van der Waals surface area contributed by atoms with Crippen LogP contribution in [-0.2, 0) is 17.8 Å². The molecule has 2 aliphatic carbocycles. The van der Waals surface area contributed by atoms with E-state index in [2.05, 4.69) is 32.1 Å². The molecule has 3 aromatic rings. The molecule has 39 heavy (non-hydrogen) atoms. The molecule has 0 aliphatic heterocycles. The van der Waals surface area contributed by atoms with Crippen LogP contribution in [0.15, 0.2) is 60.7 Å². The van der Waals surface area contributed by atoms with E-state index in [-0.39, 0.29) is 23.6 Å². The predicted octanol–water partition coefficient (Wildman–Crippen LogP) is 8.57. The highest BCUT2D eigenvalue weighted by Gasteiger charge is 2.30. The Hall–Kier alpha value is -3.60. The lowest BCUT2D eigenvalue weighted by molar-refractivity contribution is -0.137. The molecular weight excluding hydrogens is 491 g/mol. The third kappa shape index (κ3) is 5.88. The summed E-state index contributed by atoms with van der Waals surface area (Å²) in [5.41, 5.74) is 6.94. The van der Waals surface area contributed by atoms with Crippen LogP contribution >= 0.6 is 0 Å². The van der Waals surface area contributed by atoms with Crippen molar-refractivity contribution in [3.8, 4) is 22.6 Å². The molecule has 0 aromatic heterocycles. The fourth-order valence-electron chi connectivity index (χ4n) is 6.16. The Morgan fingerprint density at radius 2 is 1.82 bits per heavy atom. The molecule has 3 aromatic carbocycles. The van der Waals surface area contributed by atoms with E-state index in [0.29, 0.717) is 17.9 Å². The van der Waals surface area contributed by atoms with E-state index >= 15 is 4.39 Å². The summed E-state index contributed by atoms with van der Waals surface area (Å²) in [6, 6.07) is 17.1. The second kappa shape index (κ2) is 11.3. The lowest BCUT2D eigenvalue weighted by Crippen LogP contribution is -2.10. The molecule has 2 aliphatic rings. The van der Waals surface area contributed by atoms with Gasteiger partial charge in [0.05, 0.1) is 13.5 Å². The van der Waals surface area contributed by atoms with Gasteiger partial charge in [-0.15, -0.1) is 0 Å². The summed E-state index contributed by atoms with van der Waals surface area (Å²) in [5, 5.41) is 9.44. The molecule has 5 rings (SSSR count). The molecule has 0 radical (unpaired) electrons. The van der Waals surface area contributed by atoms with Crippen LogP contribution in [0, 0.1) is 11.2 Å². The van der Waals surface area contributed by atoms with E-state index in [9.17, 15) is 9.90 Å². The maximum absolute atomic E-state index is 15.1. The Balaban J connectivity index is 1.46. The fraction of sp³-hybridized carbons (Fsp3) is 0.382. The van der Waals surface area contributed by atoms with Crippen LogP contribution < -0.4 is 9.47 Å². The topological polar surface area (TPSA) is 55.8 Å². The minimum absolute atomic E-state index is 0.0142. The molecule has 1 unspecified atom stereocenters. The monoisotopic (exact) mass is 528 g/mol. The molecule has 1 N–H and O–H groups in total. The number of halogens is 1. The predicted molar refractivity (Wildman–Crippen MR) is 153 cm³/mol. The molecule has 0 saturated carbocycles. The zero-order valence-corrected chi connectivity index (χ0v) is 23.1. The number of aliphatic carboxylic acids is 1. The van der Waals surface area contributed by atoms with E-state index < -0.39 is 5.97 Å². The molecule has 5 heteroatoms. The largest absolute Gasteiger partial charge is 0.497 e. The van der Waals surface area contributed by atoms with Gasteiger partial charge in [-0.1, -0.05) is 44.5 Å². The number of benzene rings is 3. The van der Waals surface area contributed by atoms with E-state index in [1.807, 2.05) is 24.3 Å². The average molecular weight is 529 g/mol. The number of carboxylic acid groups (broad SMARTS) is 1. The summed E-state index contributed by atoms with van der Waals surface area (Å²) < 4.78 is 26.7. The normalized spacial score (nSPS) is 18.2. The highest BCUT2D eigenvalue weighted by atomic mass is 19.1. The first-order valence-electron chi connectivity index (χ1n) is 13.9. The first-order chi connectivity index (χ1) is 18.7. The molecule has 0 saturated heterocycles. The smallest absolute Gasteiger partial charge is 0.303 e. The van der Waals surface area contributed by atoms with Gasteiger partial charge < -0.3 is 14.6 Å². The Bertz CT molecular complexity index is 1400. The summed E-state index contributed by atoms with van der Waals surface area (Å²) in [4.78, 5) is 11.5. The summed E-state index contributed by atoms with van der Waals surface area (Å²) in [6.07, 6.45) is 8.45. The van der Waals surface area contributed by atoms with E-state index in [4.69, 9.17) is 9.47 Å². The van der Waals surface area contributed by atoms with Crippen molar-refractivity contribution in [2.75, 3.05) is 7.11 Å². The number of carboxylic acids is 1. The van der Waals surface area contributed by atoms with Crippen LogP contribution in [-0.4, -0.2) is 18.2 Å². The molecule has 0 spiro atoms. The third-order valence-corrected chi connectivity index (χ3v) is 8.32. The summed E-state index contributed by atoms with van der Waals surface area (Å²) in [5.74, 6) is 0.343. The van der Waals surface area contributed by atoms with Crippen molar-refractivity contribution in [3.63, 3.8) is 0 Å². The molecule has 0 heterocycles. The maximum Gasteiger partial charge on any atom is 0.303 e. The summed E-state index contributed by atoms with van der Waals surface area (Å²) >= 11 is 0. The number of carbonyl (C=O) groups is 1. The first-order valence-corrected chi connectivity index (χ1v) is 13.9. The van der Waals surface area contributed by atoms with Gasteiger partial charge in [0, 0.05) is 5.56 Å². The van der Waals surface area contributed by atoms with Gasteiger partial charge in [-0.3, -0.25) is 4.79 Å². The Labute approximate surface area is 230 Å². The van der Waals surface area contributed by atoms with Crippen LogP contribution in [0.3, 0.4) is 0 Å². The molecule has 1 atom stereocenters. The van der Waals surface area contributed by atoms with Crippen molar-refractivity contribution in [2.24, 2.45) is 5.41 Å². The molecule has 204 valence electrons. The number of fused-ring (bicyclic) bond motifs is 1. The Morgan fingerprint density at radius 1 is 1.00 bits per heavy atom. The Morgan fingerprint density at radius 3 is 2.56 bits per heavy atom. The minimum atomic E-state index is -0.761. The van der Waals surface area contributed by atoms with Gasteiger partial charge in [-0.25, -0.2) is 4.39 Å². The van der Waals surface area contributed by atoms with Gasteiger partial charge in [0.15, 0.2) is 0 Å². The lowest BCUT2D eigenvalue weighted by Gasteiger charge is -2.25. The number of aryl methyl sites for hydroxylation is 1. The minimum Gasteiger partial charge on any atom is -0.497 e. The summed E-state index contributed by atoms with van der Waals surface area (Å²) in [7, 11) is 1.59. The van der Waals surface area contributed by atoms with Crippen molar-refractivity contribution in [1.29, 1.82) is 0 Å². The van der Waals surface area contributed by atoms with Crippen LogP contribution in [0.2, 0.25) is 0 Å². The molecule has 4 nitrogen and oxygen atoms in total. The summed E-state index contributed by atoms with van der Waals surface area (Å²) in [6.45, 7) is 4.85. The second-order valence-corrected chi connectivity index (χ2v) is 11.5. The molecular formula is C34H37FO4. The standard InChI is InChI=1S/C34H37FO4/c1-34(2)16-6-9-31(34)29-17-22(10-14-27(29)30-19-25(38-3)13-15-32(30)35)21-39-26-12-11-23-7-4-5-8-24(18-33(36)37)28(23)20-26/h9-15,17,19-20,24H,4-8,16,18,21H2,1-3H3,(H,36,37). The van der Waals surface area contributed by atoms with Crippen molar-refractivity contribution in [1.82, 2.24) is 0 Å². The maximum atomic E-state index is 15.1. The molecule has 0 bridgehead atoms. The Kier molecular flexibility index (Phi) is 7.79. The highest BCUT2D eigenvalue weighted by molar-refractivity contribution is 5.85. The number of hydrogen-bond donors (Lipinski definition) is 1. The molecule has 0 fully saturated rings. The zero-order chi connectivity index (χ0) is 27.6. The van der Waals surface area contributed by atoms with Gasteiger partial charge in [0.1, 0.15) is 23.9 Å². The van der Waals surface area contributed by atoms with E-state index in [1.165, 1.54) is 17.2 Å². The van der Waals surface area contributed by atoms with Crippen LogP contribution in [0.4, 0.5) is 4.39 Å². The van der Waals surface area contributed by atoms with Crippen LogP contribution in [0.1, 0.15) is 80.5 Å². The first kappa shape index (κ1) is 27.0. The number of hydrogen-bond acceptors (Lipinski definition) is 3. The van der Waals surface area contributed by atoms with Gasteiger partial charge >= 0.3 is 5.97 Å². The van der Waals surface area contributed by atoms with Gasteiger partial charge in [-0.05, 0) is 113 Å². The third-order valence-electron chi connectivity index (χ3n) is 8.32. The zero-order valence-electron chi connectivity index (χ0n) is 23.1. The number of allylic oxidation sites excluding steroid dienone is 2. The number of ether oxygens (including phenoxy) is 2. The number of methoxy groups -OCH3 is 1. The van der Waals surface area contributed by atoms with E-state index in [0.717, 1.165) is 66.5 Å². The van der Waals surface area contributed by atoms with E-state index in [1.54, 1.807) is 19.2 Å². The highest BCUT2D eigenvalue weighted by Crippen LogP contribution is 2.47. The van der Waals surface area contributed by atoms with Crippen molar-refractivity contribution >= 4 is 11.5 Å². The SMILES string of the molecule is COc1ccc(F)c(-c2ccc(COc3ccc4c(c3)C(CC(=O)O)CCCC4)cc2C2=CCCC2(C)C)c1. The molecule has 0 amide bonds.